The molecular formula is C20H21N3O5. The molecule has 0 bridgehead atoms. The van der Waals surface area contributed by atoms with E-state index in [0.717, 1.165) is 16.6 Å². The number of H-pyrrole nitrogens is 1. The molecule has 4 rings (SSSR count). The fraction of sp³-hybridized carbons (Fsp3) is 0.350. The first kappa shape index (κ1) is 18.1. The van der Waals surface area contributed by atoms with E-state index < -0.39 is 18.4 Å². The van der Waals surface area contributed by atoms with Gasteiger partial charge in [0.05, 0.1) is 42.4 Å². The second kappa shape index (κ2) is 7.38. The standard InChI is InChI=1S/C20H21N3O5/c1-11-7-8-12-13(18(24)26-2)10-27-19(17(11)12)28-20(25)21-9-16-22-14-5-3-4-6-15(14)23-16/h3-7,10,12,17,19H,8-9H2,1-2H3,(H,21,25)(H,22,23). The molecule has 8 nitrogen and oxygen atoms in total. The highest BCUT2D eigenvalue weighted by Crippen LogP contribution is 2.43. The predicted octanol–water partition coefficient (Wildman–Crippen LogP) is 2.78. The average molecular weight is 383 g/mol. The Hall–Kier alpha value is -3.29. The van der Waals surface area contributed by atoms with Gasteiger partial charge in [0, 0.05) is 5.92 Å². The molecule has 8 heteroatoms. The maximum Gasteiger partial charge on any atom is 0.410 e. The topological polar surface area (TPSA) is 103 Å². The van der Waals surface area contributed by atoms with Gasteiger partial charge in [-0.05, 0) is 25.5 Å². The number of aromatic nitrogens is 2. The minimum atomic E-state index is -0.798. The Morgan fingerprint density at radius 3 is 2.96 bits per heavy atom. The number of methoxy groups -OCH3 is 1. The predicted molar refractivity (Wildman–Crippen MR) is 99.7 cm³/mol. The zero-order valence-electron chi connectivity index (χ0n) is 15.6. The first-order chi connectivity index (χ1) is 13.6. The summed E-state index contributed by atoms with van der Waals surface area (Å²) in [5, 5.41) is 2.68. The van der Waals surface area contributed by atoms with Crippen LogP contribution in [0.25, 0.3) is 11.0 Å². The largest absolute Gasteiger partial charge is 0.466 e. The van der Waals surface area contributed by atoms with Gasteiger partial charge in [-0.3, -0.25) is 0 Å². The summed E-state index contributed by atoms with van der Waals surface area (Å²) in [6.07, 6.45) is 2.65. The van der Waals surface area contributed by atoms with Crippen molar-refractivity contribution in [3.05, 3.63) is 53.6 Å². The summed E-state index contributed by atoms with van der Waals surface area (Å²) in [6, 6.07) is 7.63. The molecule has 2 aromatic rings. The number of aromatic amines is 1. The Morgan fingerprint density at radius 2 is 2.18 bits per heavy atom. The van der Waals surface area contributed by atoms with Crippen LogP contribution in [0, 0.1) is 11.8 Å². The molecule has 2 heterocycles. The third kappa shape index (κ3) is 3.33. The van der Waals surface area contributed by atoms with Crippen LogP contribution in [0.1, 0.15) is 19.2 Å². The number of hydrogen-bond donors (Lipinski definition) is 2. The number of hydrogen-bond acceptors (Lipinski definition) is 6. The van der Waals surface area contributed by atoms with Gasteiger partial charge in [-0.15, -0.1) is 0 Å². The number of nitrogens with zero attached hydrogens (tertiary/aromatic N) is 1. The van der Waals surface area contributed by atoms with Gasteiger partial charge >= 0.3 is 12.1 Å². The molecule has 2 N–H and O–H groups in total. The van der Waals surface area contributed by atoms with Crippen LogP contribution in [0.3, 0.4) is 0 Å². The lowest BCUT2D eigenvalue weighted by molar-refractivity contribution is -0.141. The van der Waals surface area contributed by atoms with E-state index in [-0.39, 0.29) is 18.4 Å². The van der Waals surface area contributed by atoms with Crippen molar-refractivity contribution in [3.8, 4) is 0 Å². The van der Waals surface area contributed by atoms with Crippen LogP contribution in [0.4, 0.5) is 4.79 Å². The van der Waals surface area contributed by atoms with E-state index in [2.05, 4.69) is 15.3 Å². The number of nitrogens with one attached hydrogen (secondary N) is 2. The van der Waals surface area contributed by atoms with Crippen molar-refractivity contribution < 1.29 is 23.8 Å². The summed E-state index contributed by atoms with van der Waals surface area (Å²) >= 11 is 0. The van der Waals surface area contributed by atoms with Crippen molar-refractivity contribution >= 4 is 23.1 Å². The Labute approximate surface area is 161 Å². The smallest absolute Gasteiger partial charge is 0.410 e. The maximum absolute atomic E-state index is 12.3. The third-order valence-electron chi connectivity index (χ3n) is 5.16. The van der Waals surface area contributed by atoms with Crippen LogP contribution in [-0.4, -0.2) is 35.4 Å². The zero-order valence-corrected chi connectivity index (χ0v) is 15.6. The normalized spacial score (nSPS) is 23.3. The molecule has 0 saturated carbocycles. The Morgan fingerprint density at radius 1 is 1.36 bits per heavy atom. The molecule has 1 aromatic heterocycles. The van der Waals surface area contributed by atoms with E-state index >= 15 is 0 Å². The van der Waals surface area contributed by atoms with Crippen LogP contribution >= 0.6 is 0 Å². The number of alkyl carbamates (subject to hydrolysis) is 1. The van der Waals surface area contributed by atoms with Crippen LogP contribution in [-0.2, 0) is 25.5 Å². The Bertz CT molecular complexity index is 944. The van der Waals surface area contributed by atoms with Gasteiger partial charge in [0.1, 0.15) is 5.82 Å². The van der Waals surface area contributed by atoms with Crippen LogP contribution in [0.5, 0.6) is 0 Å². The van der Waals surface area contributed by atoms with Crippen molar-refractivity contribution in [2.45, 2.75) is 26.2 Å². The summed E-state index contributed by atoms with van der Waals surface area (Å²) in [4.78, 5) is 31.8. The van der Waals surface area contributed by atoms with Crippen molar-refractivity contribution in [1.29, 1.82) is 0 Å². The van der Waals surface area contributed by atoms with Gasteiger partial charge in [-0.2, -0.15) is 0 Å². The molecule has 0 fully saturated rings. The molecule has 1 amide bonds. The van der Waals surface area contributed by atoms with E-state index in [4.69, 9.17) is 14.2 Å². The molecule has 0 spiro atoms. The van der Waals surface area contributed by atoms with E-state index in [1.807, 2.05) is 37.3 Å². The summed E-state index contributed by atoms with van der Waals surface area (Å²) in [5.74, 6) is -0.123. The highest BCUT2D eigenvalue weighted by Gasteiger charge is 2.44. The number of fused-ring (bicyclic) bond motifs is 2. The van der Waals surface area contributed by atoms with Crippen molar-refractivity contribution in [2.24, 2.45) is 11.8 Å². The zero-order chi connectivity index (χ0) is 19.7. The highest BCUT2D eigenvalue weighted by molar-refractivity contribution is 5.89. The summed E-state index contributed by atoms with van der Waals surface area (Å²) in [5.41, 5.74) is 3.22. The van der Waals surface area contributed by atoms with Gasteiger partial charge in [-0.1, -0.05) is 23.8 Å². The van der Waals surface area contributed by atoms with Crippen LogP contribution in [0.15, 0.2) is 47.7 Å². The lowest BCUT2D eigenvalue weighted by Gasteiger charge is -2.33. The number of imidazole rings is 1. The average Bonchev–Trinajstić information content (AvgIpc) is 3.30. The summed E-state index contributed by atoms with van der Waals surface area (Å²) < 4.78 is 15.9. The number of amides is 1. The molecule has 146 valence electrons. The van der Waals surface area contributed by atoms with E-state index in [0.29, 0.717) is 17.8 Å². The maximum atomic E-state index is 12.3. The number of carbonyl (C=O) groups excluding carboxylic acids is 2. The Balaban J connectivity index is 1.40. The van der Waals surface area contributed by atoms with Crippen molar-refractivity contribution in [2.75, 3.05) is 7.11 Å². The number of esters is 1. The molecule has 2 aliphatic rings. The lowest BCUT2D eigenvalue weighted by atomic mass is 9.84. The molecule has 28 heavy (non-hydrogen) atoms. The van der Waals surface area contributed by atoms with Gasteiger partial charge < -0.3 is 24.5 Å². The number of carbonyl (C=O) groups is 2. The molecule has 1 aromatic carbocycles. The molecule has 3 atom stereocenters. The fourth-order valence-corrected chi connectivity index (χ4v) is 3.76. The minimum absolute atomic E-state index is 0.116. The molecular weight excluding hydrogens is 362 g/mol. The minimum Gasteiger partial charge on any atom is -0.466 e. The lowest BCUT2D eigenvalue weighted by Crippen LogP contribution is -2.40. The first-order valence-electron chi connectivity index (χ1n) is 9.05. The third-order valence-corrected chi connectivity index (χ3v) is 5.16. The van der Waals surface area contributed by atoms with E-state index in [9.17, 15) is 9.59 Å². The number of ether oxygens (including phenoxy) is 3. The molecule has 1 aliphatic carbocycles. The van der Waals surface area contributed by atoms with Gasteiger partial charge in [0.25, 0.3) is 6.29 Å². The molecule has 1 aliphatic heterocycles. The number of benzene rings is 1. The number of allylic oxidation sites excluding steroid dienone is 1. The quantitative estimate of drug-likeness (QED) is 0.622. The molecule has 3 unspecified atom stereocenters. The molecule has 0 saturated heterocycles. The molecule has 0 radical (unpaired) electrons. The van der Waals surface area contributed by atoms with E-state index in [1.54, 1.807) is 0 Å². The number of rotatable bonds is 4. The monoisotopic (exact) mass is 383 g/mol. The first-order valence-corrected chi connectivity index (χ1v) is 9.05. The van der Waals surface area contributed by atoms with Crippen LogP contribution in [0.2, 0.25) is 0 Å². The second-order valence-electron chi connectivity index (χ2n) is 6.84. The van der Waals surface area contributed by atoms with E-state index in [1.165, 1.54) is 13.4 Å². The van der Waals surface area contributed by atoms with Gasteiger partial charge in [-0.25, -0.2) is 14.6 Å². The number of para-hydroxylation sites is 2. The SMILES string of the molecule is COC(=O)C1=COC(OC(=O)NCc2nc3ccccc3[nH]2)C2C(C)=CCC12. The second-order valence-corrected chi connectivity index (χ2v) is 6.84. The summed E-state index contributed by atoms with van der Waals surface area (Å²) in [7, 11) is 1.33. The van der Waals surface area contributed by atoms with Crippen molar-refractivity contribution in [1.82, 2.24) is 15.3 Å². The van der Waals surface area contributed by atoms with Crippen LogP contribution < -0.4 is 5.32 Å². The van der Waals surface area contributed by atoms with Gasteiger partial charge in [0.15, 0.2) is 0 Å². The van der Waals surface area contributed by atoms with Gasteiger partial charge in [0.2, 0.25) is 0 Å². The fourth-order valence-electron chi connectivity index (χ4n) is 3.76. The van der Waals surface area contributed by atoms with Crippen molar-refractivity contribution in [3.63, 3.8) is 0 Å². The summed E-state index contributed by atoms with van der Waals surface area (Å²) in [6.45, 7) is 2.14. The highest BCUT2D eigenvalue weighted by atomic mass is 16.7. The Kier molecular flexibility index (Phi) is 4.77.